The molecule has 0 aromatic heterocycles. The molecule has 0 bridgehead atoms. The number of benzene rings is 2. The topological polar surface area (TPSA) is 47.8 Å². The minimum atomic E-state index is -0.245. The molecule has 0 radical (unpaired) electrons. The molecule has 5 nitrogen and oxygen atoms in total. The van der Waals surface area contributed by atoms with E-state index in [0.29, 0.717) is 13.2 Å². The van der Waals surface area contributed by atoms with Crippen LogP contribution in [0.3, 0.4) is 0 Å². The standard InChI is InChI=1S/C19H19NO4/c1-2-22-19(21)18-17(20(18)11-13-6-4-3-5-7-13)14-8-9-15-16(10-14)24-12-23-15/h3-10,17-18H,2,11-12H2,1H3/t17-,18+,20?/m0/s1. The third kappa shape index (κ3) is 2.71. The third-order valence-corrected chi connectivity index (χ3v) is 4.40. The summed E-state index contributed by atoms with van der Waals surface area (Å²) < 4.78 is 16.1. The maximum atomic E-state index is 12.3. The van der Waals surface area contributed by atoms with Crippen molar-refractivity contribution in [2.45, 2.75) is 25.6 Å². The van der Waals surface area contributed by atoms with E-state index in [1.165, 1.54) is 5.56 Å². The van der Waals surface area contributed by atoms with Crippen molar-refractivity contribution in [2.24, 2.45) is 0 Å². The Kier molecular flexibility index (Phi) is 3.86. The Balaban J connectivity index is 1.58. The molecule has 0 N–H and O–H groups in total. The first-order valence-electron chi connectivity index (χ1n) is 8.14. The fourth-order valence-electron chi connectivity index (χ4n) is 3.23. The molecule has 24 heavy (non-hydrogen) atoms. The van der Waals surface area contributed by atoms with Crippen LogP contribution >= 0.6 is 0 Å². The summed E-state index contributed by atoms with van der Waals surface area (Å²) in [5.74, 6) is 1.32. The van der Waals surface area contributed by atoms with E-state index >= 15 is 0 Å². The molecule has 2 aromatic rings. The summed E-state index contributed by atoms with van der Waals surface area (Å²) in [4.78, 5) is 14.4. The molecular weight excluding hydrogens is 306 g/mol. The molecule has 2 heterocycles. The van der Waals surface area contributed by atoms with Crippen molar-refractivity contribution in [1.29, 1.82) is 0 Å². The minimum absolute atomic E-state index is 0.0127. The van der Waals surface area contributed by atoms with Gasteiger partial charge in [-0.05, 0) is 30.2 Å². The highest BCUT2D eigenvalue weighted by Crippen LogP contribution is 2.47. The SMILES string of the molecule is CCOC(=O)[C@H]1[C@H](c2ccc3c(c2)OCO3)N1Cc1ccccc1. The van der Waals surface area contributed by atoms with Gasteiger partial charge in [0.15, 0.2) is 11.5 Å². The maximum absolute atomic E-state index is 12.3. The zero-order valence-electron chi connectivity index (χ0n) is 13.5. The van der Waals surface area contributed by atoms with Crippen molar-refractivity contribution < 1.29 is 19.0 Å². The van der Waals surface area contributed by atoms with Gasteiger partial charge in [-0.25, -0.2) is 0 Å². The Bertz CT molecular complexity index is 746. The summed E-state index contributed by atoms with van der Waals surface area (Å²) in [6, 6.07) is 15.8. The minimum Gasteiger partial charge on any atom is -0.465 e. The van der Waals surface area contributed by atoms with Crippen LogP contribution < -0.4 is 9.47 Å². The number of esters is 1. The number of fused-ring (bicyclic) bond motifs is 1. The number of hydrogen-bond donors (Lipinski definition) is 0. The molecule has 2 aliphatic heterocycles. The fourth-order valence-corrected chi connectivity index (χ4v) is 3.23. The average molecular weight is 325 g/mol. The molecule has 3 atom stereocenters. The highest BCUT2D eigenvalue weighted by molar-refractivity contribution is 5.81. The Morgan fingerprint density at radius 2 is 1.96 bits per heavy atom. The van der Waals surface area contributed by atoms with Gasteiger partial charge < -0.3 is 14.2 Å². The molecule has 0 saturated carbocycles. The summed E-state index contributed by atoms with van der Waals surface area (Å²) >= 11 is 0. The van der Waals surface area contributed by atoms with E-state index < -0.39 is 0 Å². The predicted octanol–water partition coefficient (Wildman–Crippen LogP) is 2.90. The van der Waals surface area contributed by atoms with E-state index in [1.807, 2.05) is 43.3 Å². The number of carbonyl (C=O) groups is 1. The van der Waals surface area contributed by atoms with E-state index in [4.69, 9.17) is 14.2 Å². The van der Waals surface area contributed by atoms with Crippen LogP contribution in [0, 0.1) is 0 Å². The van der Waals surface area contributed by atoms with E-state index in [9.17, 15) is 4.79 Å². The first kappa shape index (κ1) is 15.0. The molecule has 1 fully saturated rings. The Labute approximate surface area is 140 Å². The lowest BCUT2D eigenvalue weighted by atomic mass is 10.1. The summed E-state index contributed by atoms with van der Waals surface area (Å²) in [5, 5.41) is 0. The van der Waals surface area contributed by atoms with Crippen LogP contribution in [0.15, 0.2) is 48.5 Å². The zero-order chi connectivity index (χ0) is 16.5. The second-order valence-electron chi connectivity index (χ2n) is 5.91. The van der Waals surface area contributed by atoms with Gasteiger partial charge in [0, 0.05) is 6.54 Å². The van der Waals surface area contributed by atoms with Crippen LogP contribution in [0.25, 0.3) is 0 Å². The largest absolute Gasteiger partial charge is 0.465 e. The molecule has 0 aliphatic carbocycles. The Morgan fingerprint density at radius 1 is 1.17 bits per heavy atom. The van der Waals surface area contributed by atoms with Gasteiger partial charge in [-0.15, -0.1) is 0 Å². The Hall–Kier alpha value is -2.53. The molecule has 2 aliphatic rings. The molecule has 1 unspecified atom stereocenters. The van der Waals surface area contributed by atoms with E-state index in [0.717, 1.165) is 17.1 Å². The van der Waals surface area contributed by atoms with Gasteiger partial charge in [-0.2, -0.15) is 0 Å². The quantitative estimate of drug-likeness (QED) is 0.625. The number of carbonyl (C=O) groups excluding carboxylic acids is 1. The van der Waals surface area contributed by atoms with Gasteiger partial charge in [0.25, 0.3) is 0 Å². The zero-order valence-corrected chi connectivity index (χ0v) is 13.5. The lowest BCUT2D eigenvalue weighted by Crippen LogP contribution is -2.16. The van der Waals surface area contributed by atoms with Gasteiger partial charge in [0.1, 0.15) is 6.04 Å². The predicted molar refractivity (Wildman–Crippen MR) is 87.7 cm³/mol. The smallest absolute Gasteiger partial charge is 0.325 e. The Morgan fingerprint density at radius 3 is 2.75 bits per heavy atom. The van der Waals surface area contributed by atoms with Crippen LogP contribution in [-0.2, 0) is 16.1 Å². The monoisotopic (exact) mass is 325 g/mol. The van der Waals surface area contributed by atoms with Crippen LogP contribution in [-0.4, -0.2) is 30.3 Å². The van der Waals surface area contributed by atoms with Crippen LogP contribution in [0.1, 0.15) is 24.1 Å². The second kappa shape index (κ2) is 6.17. The first-order chi connectivity index (χ1) is 11.8. The summed E-state index contributed by atoms with van der Waals surface area (Å²) in [6.07, 6.45) is 0. The van der Waals surface area contributed by atoms with Gasteiger partial charge in [-0.1, -0.05) is 36.4 Å². The molecule has 0 amide bonds. The fraction of sp³-hybridized carbons (Fsp3) is 0.316. The highest BCUT2D eigenvalue weighted by Gasteiger charge is 2.54. The number of hydrogen-bond acceptors (Lipinski definition) is 5. The average Bonchev–Trinajstić information content (AvgIpc) is 3.11. The van der Waals surface area contributed by atoms with Crippen molar-refractivity contribution in [3.63, 3.8) is 0 Å². The number of ether oxygens (including phenoxy) is 3. The van der Waals surface area contributed by atoms with Crippen molar-refractivity contribution in [1.82, 2.24) is 4.90 Å². The van der Waals surface area contributed by atoms with Crippen LogP contribution in [0.2, 0.25) is 0 Å². The molecule has 5 heteroatoms. The van der Waals surface area contributed by atoms with Crippen LogP contribution in [0.5, 0.6) is 11.5 Å². The lowest BCUT2D eigenvalue weighted by Gasteiger charge is -2.05. The van der Waals surface area contributed by atoms with Crippen molar-refractivity contribution >= 4 is 5.97 Å². The summed E-state index contributed by atoms with van der Waals surface area (Å²) in [5.41, 5.74) is 2.23. The molecule has 4 rings (SSSR count). The van der Waals surface area contributed by atoms with E-state index in [1.54, 1.807) is 0 Å². The summed E-state index contributed by atoms with van der Waals surface area (Å²) in [7, 11) is 0. The van der Waals surface area contributed by atoms with E-state index in [2.05, 4.69) is 17.0 Å². The van der Waals surface area contributed by atoms with Gasteiger partial charge in [-0.3, -0.25) is 9.69 Å². The molecular formula is C19H19NO4. The number of nitrogens with zero attached hydrogens (tertiary/aromatic N) is 1. The van der Waals surface area contributed by atoms with Gasteiger partial charge in [0.05, 0.1) is 12.6 Å². The molecule has 2 aromatic carbocycles. The molecule has 124 valence electrons. The summed E-state index contributed by atoms with van der Waals surface area (Å²) in [6.45, 7) is 3.18. The highest BCUT2D eigenvalue weighted by atomic mass is 16.7. The molecule has 1 saturated heterocycles. The maximum Gasteiger partial charge on any atom is 0.325 e. The van der Waals surface area contributed by atoms with Gasteiger partial charge in [0.2, 0.25) is 6.79 Å². The van der Waals surface area contributed by atoms with Crippen molar-refractivity contribution in [3.05, 3.63) is 59.7 Å². The second-order valence-corrected chi connectivity index (χ2v) is 5.91. The lowest BCUT2D eigenvalue weighted by molar-refractivity contribution is -0.143. The van der Waals surface area contributed by atoms with E-state index in [-0.39, 0.29) is 24.8 Å². The number of rotatable bonds is 5. The van der Waals surface area contributed by atoms with Crippen molar-refractivity contribution in [3.8, 4) is 11.5 Å². The first-order valence-corrected chi connectivity index (χ1v) is 8.14. The van der Waals surface area contributed by atoms with Crippen molar-refractivity contribution in [2.75, 3.05) is 13.4 Å². The third-order valence-electron chi connectivity index (χ3n) is 4.40. The van der Waals surface area contributed by atoms with Gasteiger partial charge >= 0.3 is 5.97 Å². The normalized spacial score (nSPS) is 23.8. The molecule has 0 spiro atoms. The van der Waals surface area contributed by atoms with Crippen LogP contribution in [0.4, 0.5) is 0 Å².